The van der Waals surface area contributed by atoms with Gasteiger partial charge in [0.2, 0.25) is 5.91 Å². The van der Waals surface area contributed by atoms with E-state index in [-0.39, 0.29) is 24.7 Å². The summed E-state index contributed by atoms with van der Waals surface area (Å²) in [5.41, 5.74) is -0.476. The maximum absolute atomic E-state index is 12.1. The number of amides is 1. The molecule has 0 aliphatic heterocycles. The fourth-order valence-corrected chi connectivity index (χ4v) is 2.60. The van der Waals surface area contributed by atoms with Gasteiger partial charge in [-0.1, -0.05) is 12.8 Å². The zero-order valence-corrected chi connectivity index (χ0v) is 12.7. The van der Waals surface area contributed by atoms with E-state index in [2.05, 4.69) is 0 Å². The highest BCUT2D eigenvalue weighted by Crippen LogP contribution is 2.24. The van der Waals surface area contributed by atoms with Gasteiger partial charge in [0.15, 0.2) is 0 Å². The molecule has 0 aromatic heterocycles. The molecule has 1 fully saturated rings. The fourth-order valence-electron chi connectivity index (χ4n) is 2.60. The van der Waals surface area contributed by atoms with Gasteiger partial charge in [0, 0.05) is 19.0 Å². The second-order valence-electron chi connectivity index (χ2n) is 6.20. The first-order chi connectivity index (χ1) is 8.83. The van der Waals surface area contributed by atoms with Crippen LogP contribution in [-0.2, 0) is 14.3 Å². The lowest BCUT2D eigenvalue weighted by Crippen LogP contribution is -2.38. The quantitative estimate of drug-likeness (QED) is 0.721. The topological polar surface area (TPSA) is 46.6 Å². The van der Waals surface area contributed by atoms with Gasteiger partial charge in [-0.3, -0.25) is 9.59 Å². The second-order valence-corrected chi connectivity index (χ2v) is 6.20. The van der Waals surface area contributed by atoms with Crippen LogP contribution in [0.2, 0.25) is 0 Å². The Labute approximate surface area is 116 Å². The van der Waals surface area contributed by atoms with Gasteiger partial charge >= 0.3 is 5.97 Å². The maximum atomic E-state index is 12.1. The zero-order valence-electron chi connectivity index (χ0n) is 12.7. The van der Waals surface area contributed by atoms with Crippen LogP contribution in [0.5, 0.6) is 0 Å². The number of rotatable bonds is 5. The second kappa shape index (κ2) is 6.92. The first-order valence-corrected chi connectivity index (χ1v) is 7.35. The van der Waals surface area contributed by atoms with E-state index in [1.165, 1.54) is 12.8 Å². The fraction of sp³-hybridized carbons (Fsp3) is 0.867. The van der Waals surface area contributed by atoms with Crippen molar-refractivity contribution in [2.75, 3.05) is 6.54 Å². The predicted octanol–water partition coefficient (Wildman–Crippen LogP) is 2.90. The number of carbonyl (C=O) groups excluding carboxylic acids is 2. The number of esters is 1. The van der Waals surface area contributed by atoms with Gasteiger partial charge in [0.05, 0.1) is 6.42 Å². The van der Waals surface area contributed by atoms with Crippen molar-refractivity contribution in [1.82, 2.24) is 4.90 Å². The van der Waals surface area contributed by atoms with Gasteiger partial charge in [0.1, 0.15) is 5.60 Å². The molecule has 1 saturated carbocycles. The van der Waals surface area contributed by atoms with Crippen molar-refractivity contribution in [3.05, 3.63) is 0 Å². The Kier molecular flexibility index (Phi) is 5.83. The normalized spacial score (nSPS) is 16.4. The Morgan fingerprint density at radius 2 is 1.74 bits per heavy atom. The van der Waals surface area contributed by atoms with Crippen molar-refractivity contribution in [3.8, 4) is 0 Å². The molecule has 1 aliphatic carbocycles. The zero-order chi connectivity index (χ0) is 14.5. The van der Waals surface area contributed by atoms with Gasteiger partial charge in [-0.05, 0) is 40.5 Å². The van der Waals surface area contributed by atoms with Crippen LogP contribution in [0.1, 0.15) is 66.2 Å². The van der Waals surface area contributed by atoms with Crippen LogP contribution in [0.15, 0.2) is 0 Å². The molecular formula is C15H27NO3. The highest BCUT2D eigenvalue weighted by Gasteiger charge is 2.26. The number of ether oxygens (including phenoxy) is 1. The predicted molar refractivity (Wildman–Crippen MR) is 74.7 cm³/mol. The van der Waals surface area contributed by atoms with E-state index in [9.17, 15) is 9.59 Å². The Balaban J connectivity index is 2.38. The molecule has 0 bridgehead atoms. The minimum atomic E-state index is -0.476. The van der Waals surface area contributed by atoms with E-state index < -0.39 is 5.60 Å². The van der Waals surface area contributed by atoms with Gasteiger partial charge in [0.25, 0.3) is 0 Å². The van der Waals surface area contributed by atoms with Crippen LogP contribution in [0.3, 0.4) is 0 Å². The third-order valence-electron chi connectivity index (χ3n) is 3.39. The van der Waals surface area contributed by atoms with E-state index in [1.807, 2.05) is 32.6 Å². The van der Waals surface area contributed by atoms with Crippen LogP contribution in [0.25, 0.3) is 0 Å². The molecule has 0 atom stereocenters. The van der Waals surface area contributed by atoms with Gasteiger partial charge < -0.3 is 9.64 Å². The number of carbonyl (C=O) groups is 2. The van der Waals surface area contributed by atoms with E-state index in [4.69, 9.17) is 4.74 Å². The van der Waals surface area contributed by atoms with Crippen molar-refractivity contribution < 1.29 is 14.3 Å². The molecule has 0 heterocycles. The summed E-state index contributed by atoms with van der Waals surface area (Å²) in [6.45, 7) is 8.25. The number of hydrogen-bond donors (Lipinski definition) is 0. The minimum Gasteiger partial charge on any atom is -0.460 e. The van der Waals surface area contributed by atoms with E-state index in [0.29, 0.717) is 6.04 Å². The van der Waals surface area contributed by atoms with Crippen molar-refractivity contribution in [2.45, 2.75) is 77.9 Å². The van der Waals surface area contributed by atoms with Crippen molar-refractivity contribution in [1.29, 1.82) is 0 Å². The molecule has 1 rings (SSSR count). The minimum absolute atomic E-state index is 0.0836. The summed E-state index contributed by atoms with van der Waals surface area (Å²) in [6.07, 6.45) is 5.07. The summed E-state index contributed by atoms with van der Waals surface area (Å²) >= 11 is 0. The van der Waals surface area contributed by atoms with E-state index >= 15 is 0 Å². The Bertz CT molecular complexity index is 314. The smallest absolute Gasteiger partial charge is 0.306 e. The molecule has 4 nitrogen and oxygen atoms in total. The standard InChI is InChI=1S/C15H27NO3/c1-5-16(12-8-6-7-9-12)13(17)10-11-14(18)19-15(2,3)4/h12H,5-11H2,1-4H3. The Hall–Kier alpha value is -1.06. The molecule has 0 aromatic rings. The summed E-state index contributed by atoms with van der Waals surface area (Å²) in [7, 11) is 0. The molecule has 0 unspecified atom stereocenters. The first-order valence-electron chi connectivity index (χ1n) is 7.35. The molecule has 110 valence electrons. The van der Waals surface area contributed by atoms with E-state index in [0.717, 1.165) is 19.4 Å². The molecule has 0 aromatic carbocycles. The third-order valence-corrected chi connectivity index (χ3v) is 3.39. The molecule has 0 N–H and O–H groups in total. The van der Waals surface area contributed by atoms with Gasteiger partial charge in [-0.15, -0.1) is 0 Å². The average Bonchev–Trinajstić information content (AvgIpc) is 2.78. The lowest BCUT2D eigenvalue weighted by Gasteiger charge is -2.28. The Morgan fingerprint density at radius 1 is 1.16 bits per heavy atom. The average molecular weight is 269 g/mol. The molecular weight excluding hydrogens is 242 g/mol. The van der Waals surface area contributed by atoms with Crippen molar-refractivity contribution in [3.63, 3.8) is 0 Å². The molecule has 1 amide bonds. The maximum Gasteiger partial charge on any atom is 0.306 e. The molecule has 0 radical (unpaired) electrons. The lowest BCUT2D eigenvalue weighted by atomic mass is 10.1. The van der Waals surface area contributed by atoms with Crippen LogP contribution < -0.4 is 0 Å². The monoisotopic (exact) mass is 269 g/mol. The number of hydrogen-bond acceptors (Lipinski definition) is 3. The number of nitrogens with zero attached hydrogens (tertiary/aromatic N) is 1. The highest BCUT2D eigenvalue weighted by molar-refractivity contribution is 5.81. The largest absolute Gasteiger partial charge is 0.460 e. The molecule has 4 heteroatoms. The SMILES string of the molecule is CCN(C(=O)CCC(=O)OC(C)(C)C)C1CCCC1. The molecule has 0 saturated heterocycles. The lowest BCUT2D eigenvalue weighted by molar-refractivity contribution is -0.156. The van der Waals surface area contributed by atoms with Gasteiger partial charge in [-0.2, -0.15) is 0 Å². The summed E-state index contributed by atoms with van der Waals surface area (Å²) in [4.78, 5) is 25.7. The van der Waals surface area contributed by atoms with Crippen LogP contribution in [0.4, 0.5) is 0 Å². The molecule has 1 aliphatic rings. The van der Waals surface area contributed by atoms with Crippen molar-refractivity contribution >= 4 is 11.9 Å². The van der Waals surface area contributed by atoms with Crippen LogP contribution in [0, 0.1) is 0 Å². The van der Waals surface area contributed by atoms with Gasteiger partial charge in [-0.25, -0.2) is 0 Å². The first kappa shape index (κ1) is 16.0. The summed E-state index contributed by atoms with van der Waals surface area (Å²) < 4.78 is 5.22. The summed E-state index contributed by atoms with van der Waals surface area (Å²) in [5.74, 6) is -0.205. The summed E-state index contributed by atoms with van der Waals surface area (Å²) in [5, 5.41) is 0. The molecule has 0 spiro atoms. The van der Waals surface area contributed by atoms with Crippen molar-refractivity contribution in [2.24, 2.45) is 0 Å². The van der Waals surface area contributed by atoms with Crippen LogP contribution in [-0.4, -0.2) is 35.0 Å². The molecule has 19 heavy (non-hydrogen) atoms. The van der Waals surface area contributed by atoms with Crippen LogP contribution >= 0.6 is 0 Å². The third kappa shape index (κ3) is 5.62. The highest BCUT2D eigenvalue weighted by atomic mass is 16.6. The Morgan fingerprint density at radius 3 is 2.21 bits per heavy atom. The van der Waals surface area contributed by atoms with E-state index in [1.54, 1.807) is 0 Å². The summed E-state index contributed by atoms with van der Waals surface area (Å²) in [6, 6.07) is 0.385.